The number of para-hydroxylation sites is 2. The third kappa shape index (κ3) is 5.05. The highest BCUT2D eigenvalue weighted by Gasteiger charge is 2.12. The molecule has 0 aliphatic carbocycles. The van der Waals surface area contributed by atoms with Gasteiger partial charge < -0.3 is 9.88 Å². The van der Waals surface area contributed by atoms with Crippen molar-refractivity contribution in [3.05, 3.63) is 101 Å². The lowest BCUT2D eigenvalue weighted by Gasteiger charge is -2.12. The molecule has 1 N–H and O–H groups in total. The van der Waals surface area contributed by atoms with Gasteiger partial charge in [0.1, 0.15) is 11.6 Å². The number of unbranched alkanes of at least 4 members (excludes halogenated alkanes) is 2. The minimum Gasteiger partial charge on any atom is -0.352 e. The summed E-state index contributed by atoms with van der Waals surface area (Å²) in [5.41, 5.74) is 4.85. The largest absolute Gasteiger partial charge is 0.352 e. The molecular weight excluding hydrogens is 401 g/mol. The van der Waals surface area contributed by atoms with E-state index in [1.165, 1.54) is 23.3 Å². The molecule has 1 heterocycles. The van der Waals surface area contributed by atoms with Crippen LogP contribution >= 0.6 is 0 Å². The second-order valence-corrected chi connectivity index (χ2v) is 8.08. The molecule has 0 radical (unpaired) electrons. The third-order valence-electron chi connectivity index (χ3n) is 5.80. The molecule has 0 bridgehead atoms. The summed E-state index contributed by atoms with van der Waals surface area (Å²) in [6.45, 7) is 3.48. The van der Waals surface area contributed by atoms with Crippen LogP contribution < -0.4 is 5.32 Å². The highest BCUT2D eigenvalue weighted by atomic mass is 19.1. The Morgan fingerprint density at radius 2 is 1.69 bits per heavy atom. The van der Waals surface area contributed by atoms with Gasteiger partial charge in [-0.25, -0.2) is 9.37 Å². The number of aromatic nitrogens is 2. The van der Waals surface area contributed by atoms with Crippen LogP contribution in [0.5, 0.6) is 0 Å². The lowest BCUT2D eigenvalue weighted by Crippen LogP contribution is -2.25. The predicted octanol–water partition coefficient (Wildman–Crippen LogP) is 5.67. The van der Waals surface area contributed by atoms with Crippen molar-refractivity contribution in [1.82, 2.24) is 14.9 Å². The van der Waals surface area contributed by atoms with Gasteiger partial charge in [-0.15, -0.1) is 0 Å². The van der Waals surface area contributed by atoms with Crippen LogP contribution in [0.25, 0.3) is 11.0 Å². The molecule has 0 atom stereocenters. The van der Waals surface area contributed by atoms with Crippen molar-refractivity contribution in [3.63, 3.8) is 0 Å². The van der Waals surface area contributed by atoms with Gasteiger partial charge in [0.25, 0.3) is 5.91 Å². The topological polar surface area (TPSA) is 46.9 Å². The standard InChI is InChI=1S/C27H28FN3O/c1-20-11-4-5-12-21(20)19-31-25-16-9-8-15-24(25)30-26(31)17-3-2-10-18-29-27(32)22-13-6-7-14-23(22)28/h4-9,11-16H,2-3,10,17-19H2,1H3,(H,29,32). The molecule has 0 fully saturated rings. The van der Waals surface area contributed by atoms with Crippen molar-refractivity contribution >= 4 is 16.9 Å². The first kappa shape index (κ1) is 21.8. The third-order valence-corrected chi connectivity index (χ3v) is 5.80. The summed E-state index contributed by atoms with van der Waals surface area (Å²) < 4.78 is 16.0. The van der Waals surface area contributed by atoms with E-state index in [1.54, 1.807) is 12.1 Å². The molecule has 5 heteroatoms. The van der Waals surface area contributed by atoms with Crippen molar-refractivity contribution < 1.29 is 9.18 Å². The summed E-state index contributed by atoms with van der Waals surface area (Å²) in [7, 11) is 0. The molecule has 0 saturated carbocycles. The summed E-state index contributed by atoms with van der Waals surface area (Å²) in [5, 5.41) is 2.81. The Morgan fingerprint density at radius 1 is 0.938 bits per heavy atom. The first-order valence-corrected chi connectivity index (χ1v) is 11.1. The lowest BCUT2D eigenvalue weighted by atomic mass is 10.1. The van der Waals surface area contributed by atoms with Crippen LogP contribution in [-0.2, 0) is 13.0 Å². The van der Waals surface area contributed by atoms with Crippen molar-refractivity contribution in [2.45, 2.75) is 39.2 Å². The molecular formula is C27H28FN3O. The first-order chi connectivity index (χ1) is 15.6. The Kier molecular flexibility index (Phi) is 6.95. The number of nitrogens with zero attached hydrogens (tertiary/aromatic N) is 2. The number of carbonyl (C=O) groups excluding carboxylic acids is 1. The minimum atomic E-state index is -0.488. The van der Waals surface area contributed by atoms with Gasteiger partial charge >= 0.3 is 0 Å². The molecule has 3 aromatic carbocycles. The number of halogens is 1. The Bertz CT molecular complexity index is 1210. The van der Waals surface area contributed by atoms with Crippen LogP contribution in [0.3, 0.4) is 0 Å². The van der Waals surface area contributed by atoms with Gasteiger partial charge in [-0.3, -0.25) is 4.79 Å². The van der Waals surface area contributed by atoms with Gasteiger partial charge in [0.2, 0.25) is 0 Å². The number of hydrogen-bond acceptors (Lipinski definition) is 2. The fourth-order valence-corrected chi connectivity index (χ4v) is 3.98. The minimum absolute atomic E-state index is 0.0948. The maximum absolute atomic E-state index is 13.7. The summed E-state index contributed by atoms with van der Waals surface area (Å²) in [6.07, 6.45) is 3.66. The lowest BCUT2D eigenvalue weighted by molar-refractivity contribution is 0.0949. The van der Waals surface area contributed by atoms with Crippen LogP contribution in [0.2, 0.25) is 0 Å². The Balaban J connectivity index is 1.34. The fraction of sp³-hybridized carbons (Fsp3) is 0.259. The summed E-state index contributed by atoms with van der Waals surface area (Å²) in [6, 6.07) is 22.8. The van der Waals surface area contributed by atoms with E-state index in [-0.39, 0.29) is 11.5 Å². The van der Waals surface area contributed by atoms with Gasteiger partial charge in [-0.1, -0.05) is 55.0 Å². The van der Waals surface area contributed by atoms with E-state index >= 15 is 0 Å². The average molecular weight is 430 g/mol. The van der Waals surface area contributed by atoms with E-state index in [2.05, 4.69) is 59.3 Å². The number of hydrogen-bond donors (Lipinski definition) is 1. The van der Waals surface area contributed by atoms with Crippen molar-refractivity contribution in [2.75, 3.05) is 6.54 Å². The molecule has 0 saturated heterocycles. The van der Waals surface area contributed by atoms with E-state index in [9.17, 15) is 9.18 Å². The highest BCUT2D eigenvalue weighted by Crippen LogP contribution is 2.21. The van der Waals surface area contributed by atoms with E-state index in [1.807, 2.05) is 6.07 Å². The first-order valence-electron chi connectivity index (χ1n) is 11.1. The molecule has 1 aromatic heterocycles. The molecule has 4 aromatic rings. The molecule has 4 rings (SSSR count). The van der Waals surface area contributed by atoms with Crippen LogP contribution in [0.15, 0.2) is 72.8 Å². The normalized spacial score (nSPS) is 11.1. The van der Waals surface area contributed by atoms with Crippen LogP contribution in [-0.4, -0.2) is 22.0 Å². The summed E-state index contributed by atoms with van der Waals surface area (Å²) in [5.74, 6) is 0.241. The number of benzene rings is 3. The smallest absolute Gasteiger partial charge is 0.254 e. The van der Waals surface area contributed by atoms with Crippen LogP contribution in [0, 0.1) is 12.7 Å². The van der Waals surface area contributed by atoms with E-state index in [0.717, 1.165) is 49.1 Å². The summed E-state index contributed by atoms with van der Waals surface area (Å²) in [4.78, 5) is 17.0. The zero-order valence-electron chi connectivity index (χ0n) is 18.4. The Morgan fingerprint density at radius 3 is 2.53 bits per heavy atom. The zero-order chi connectivity index (χ0) is 22.3. The van der Waals surface area contributed by atoms with Crippen molar-refractivity contribution in [3.8, 4) is 0 Å². The quantitative estimate of drug-likeness (QED) is 0.348. The Labute approximate surface area is 188 Å². The maximum Gasteiger partial charge on any atom is 0.254 e. The zero-order valence-corrected chi connectivity index (χ0v) is 18.4. The van der Waals surface area contributed by atoms with Gasteiger partial charge in [0.05, 0.1) is 16.6 Å². The molecule has 0 aliphatic rings. The van der Waals surface area contributed by atoms with Gasteiger partial charge in [0, 0.05) is 19.5 Å². The molecule has 1 amide bonds. The molecule has 164 valence electrons. The molecule has 0 spiro atoms. The molecule has 0 aliphatic heterocycles. The van der Waals surface area contributed by atoms with Crippen molar-refractivity contribution in [1.29, 1.82) is 0 Å². The predicted molar refractivity (Wildman–Crippen MR) is 126 cm³/mol. The van der Waals surface area contributed by atoms with Gasteiger partial charge in [-0.2, -0.15) is 0 Å². The fourth-order valence-electron chi connectivity index (χ4n) is 3.98. The van der Waals surface area contributed by atoms with E-state index in [4.69, 9.17) is 4.98 Å². The maximum atomic E-state index is 13.7. The van der Waals surface area contributed by atoms with Gasteiger partial charge in [0.15, 0.2) is 0 Å². The van der Waals surface area contributed by atoms with Gasteiger partial charge in [-0.05, 0) is 55.2 Å². The molecule has 4 nitrogen and oxygen atoms in total. The number of carbonyl (C=O) groups is 1. The number of rotatable bonds is 9. The second kappa shape index (κ2) is 10.2. The number of amides is 1. The SMILES string of the molecule is Cc1ccccc1Cn1c(CCCCCNC(=O)c2ccccc2F)nc2ccccc21. The Hall–Kier alpha value is -3.47. The number of nitrogens with one attached hydrogen (secondary N) is 1. The van der Waals surface area contributed by atoms with Crippen molar-refractivity contribution in [2.24, 2.45) is 0 Å². The number of aryl methyl sites for hydroxylation is 2. The molecule has 0 unspecified atom stereocenters. The van der Waals surface area contributed by atoms with Crippen LogP contribution in [0.4, 0.5) is 4.39 Å². The van der Waals surface area contributed by atoms with Crippen LogP contribution in [0.1, 0.15) is 46.6 Å². The second-order valence-electron chi connectivity index (χ2n) is 8.08. The monoisotopic (exact) mass is 429 g/mol. The summed E-state index contributed by atoms with van der Waals surface area (Å²) >= 11 is 0. The average Bonchev–Trinajstić information content (AvgIpc) is 3.15. The number of fused-ring (bicyclic) bond motifs is 1. The molecule has 32 heavy (non-hydrogen) atoms. The number of imidazole rings is 1. The van der Waals surface area contributed by atoms with E-state index < -0.39 is 5.82 Å². The van der Waals surface area contributed by atoms with E-state index in [0.29, 0.717) is 6.54 Å². The highest BCUT2D eigenvalue weighted by molar-refractivity contribution is 5.94.